The van der Waals surface area contributed by atoms with Crippen LogP contribution < -0.4 is 15.2 Å². The van der Waals surface area contributed by atoms with Crippen LogP contribution >= 0.6 is 11.6 Å². The highest BCUT2D eigenvalue weighted by Gasteiger charge is 2.17. The third-order valence-electron chi connectivity index (χ3n) is 2.90. The van der Waals surface area contributed by atoms with E-state index in [4.69, 9.17) is 26.8 Å². The van der Waals surface area contributed by atoms with Crippen LogP contribution in [0.5, 0.6) is 11.5 Å². The lowest BCUT2D eigenvalue weighted by atomic mass is 10.2. The van der Waals surface area contributed by atoms with Crippen molar-refractivity contribution >= 4 is 11.6 Å². The number of alkyl halides is 1. The van der Waals surface area contributed by atoms with E-state index in [1.54, 1.807) is 0 Å². The normalized spacial score (nSPS) is 12.9. The minimum Gasteiger partial charge on any atom is -0.454 e. The van der Waals surface area contributed by atoms with Crippen LogP contribution in [0, 0.1) is 0 Å². The molecule has 0 atom stereocenters. The van der Waals surface area contributed by atoms with Gasteiger partial charge in [0.05, 0.1) is 11.6 Å². The summed E-state index contributed by atoms with van der Waals surface area (Å²) in [4.78, 5) is 0. The number of hydrogen-bond acceptors (Lipinski definition) is 5. The minimum atomic E-state index is 0.249. The molecule has 0 amide bonds. The molecule has 0 aliphatic carbocycles. The fourth-order valence-corrected chi connectivity index (χ4v) is 2.23. The van der Waals surface area contributed by atoms with Gasteiger partial charge in [-0.05, 0) is 18.7 Å². The number of halogens is 1. The Hall–Kier alpha value is -1.79. The molecule has 1 aliphatic heterocycles. The summed E-state index contributed by atoms with van der Waals surface area (Å²) >= 11 is 5.90. The van der Waals surface area contributed by atoms with Gasteiger partial charge in [-0.3, -0.25) is 4.57 Å². The summed E-state index contributed by atoms with van der Waals surface area (Å²) in [6, 6.07) is 5.68. The third-order valence-corrected chi connectivity index (χ3v) is 3.14. The standard InChI is InChI=1S/C12H13ClN4O2/c13-6-12-16-15-11(3-4-14)17(12)8-1-2-9-10(5-8)19-7-18-9/h1-2,5H,3-4,6-7,14H2. The number of aromatic nitrogens is 3. The second-order valence-corrected chi connectivity index (χ2v) is 4.34. The zero-order valence-electron chi connectivity index (χ0n) is 10.2. The molecule has 1 aromatic carbocycles. The van der Waals surface area contributed by atoms with Crippen molar-refractivity contribution in [2.24, 2.45) is 5.73 Å². The molecule has 3 rings (SSSR count). The van der Waals surface area contributed by atoms with Crippen molar-refractivity contribution in [1.82, 2.24) is 14.8 Å². The minimum absolute atomic E-state index is 0.249. The SMILES string of the molecule is NCCc1nnc(CCl)n1-c1ccc2c(c1)OCO2. The molecule has 1 aliphatic rings. The summed E-state index contributed by atoms with van der Waals surface area (Å²) in [6.45, 7) is 0.754. The average Bonchev–Trinajstić information content (AvgIpc) is 3.04. The molecule has 0 radical (unpaired) electrons. The monoisotopic (exact) mass is 280 g/mol. The Balaban J connectivity index is 2.07. The number of fused-ring (bicyclic) bond motifs is 1. The van der Waals surface area contributed by atoms with E-state index in [1.807, 2.05) is 22.8 Å². The molecule has 2 N–H and O–H groups in total. The Morgan fingerprint density at radius 2 is 2.00 bits per heavy atom. The summed E-state index contributed by atoms with van der Waals surface area (Å²) in [7, 11) is 0. The van der Waals surface area contributed by atoms with Crippen molar-refractivity contribution in [2.75, 3.05) is 13.3 Å². The van der Waals surface area contributed by atoms with E-state index in [0.29, 0.717) is 24.5 Å². The van der Waals surface area contributed by atoms with Gasteiger partial charge in [-0.2, -0.15) is 0 Å². The predicted octanol–water partition coefficient (Wildman–Crippen LogP) is 1.24. The molecule has 0 unspecified atom stereocenters. The second-order valence-electron chi connectivity index (χ2n) is 4.08. The van der Waals surface area contributed by atoms with E-state index in [2.05, 4.69) is 10.2 Å². The first-order valence-electron chi connectivity index (χ1n) is 5.92. The maximum Gasteiger partial charge on any atom is 0.231 e. The molecule has 2 heterocycles. The first kappa shape index (κ1) is 12.3. The molecule has 2 aromatic rings. The molecular weight excluding hydrogens is 268 g/mol. The maximum atomic E-state index is 5.90. The number of ether oxygens (including phenoxy) is 2. The quantitative estimate of drug-likeness (QED) is 0.853. The number of nitrogens with zero attached hydrogens (tertiary/aromatic N) is 3. The molecule has 0 bridgehead atoms. The lowest BCUT2D eigenvalue weighted by molar-refractivity contribution is 0.174. The Morgan fingerprint density at radius 3 is 2.79 bits per heavy atom. The molecule has 7 heteroatoms. The van der Waals surface area contributed by atoms with E-state index in [-0.39, 0.29) is 12.7 Å². The first-order valence-corrected chi connectivity index (χ1v) is 6.46. The topological polar surface area (TPSA) is 75.2 Å². The second kappa shape index (κ2) is 5.07. The fraction of sp³-hybridized carbons (Fsp3) is 0.333. The fourth-order valence-electron chi connectivity index (χ4n) is 2.05. The maximum absolute atomic E-state index is 5.90. The van der Waals surface area contributed by atoms with Crippen LogP contribution in [-0.2, 0) is 12.3 Å². The average molecular weight is 281 g/mol. The highest BCUT2D eigenvalue weighted by atomic mass is 35.5. The summed E-state index contributed by atoms with van der Waals surface area (Å²) in [5.41, 5.74) is 6.49. The van der Waals surface area contributed by atoms with E-state index < -0.39 is 0 Å². The highest BCUT2D eigenvalue weighted by Crippen LogP contribution is 2.34. The van der Waals surface area contributed by atoms with Gasteiger partial charge in [0.25, 0.3) is 0 Å². The highest BCUT2D eigenvalue weighted by molar-refractivity contribution is 6.16. The van der Waals surface area contributed by atoms with Crippen molar-refractivity contribution in [3.05, 3.63) is 29.8 Å². The molecule has 0 saturated carbocycles. The van der Waals surface area contributed by atoms with Crippen molar-refractivity contribution < 1.29 is 9.47 Å². The molecule has 0 saturated heterocycles. The predicted molar refractivity (Wildman–Crippen MR) is 69.8 cm³/mol. The van der Waals surface area contributed by atoms with Gasteiger partial charge in [0, 0.05) is 12.5 Å². The van der Waals surface area contributed by atoms with Crippen LogP contribution in [0.4, 0.5) is 0 Å². The summed E-state index contributed by atoms with van der Waals surface area (Å²) in [5, 5.41) is 8.20. The third kappa shape index (κ3) is 2.13. The van der Waals surface area contributed by atoms with Gasteiger partial charge < -0.3 is 15.2 Å². The van der Waals surface area contributed by atoms with Gasteiger partial charge in [0.15, 0.2) is 17.3 Å². The van der Waals surface area contributed by atoms with Crippen molar-refractivity contribution in [2.45, 2.75) is 12.3 Å². The van der Waals surface area contributed by atoms with E-state index in [9.17, 15) is 0 Å². The summed E-state index contributed by atoms with van der Waals surface area (Å²) in [5.74, 6) is 3.21. The van der Waals surface area contributed by atoms with Crippen LogP contribution in [0.2, 0.25) is 0 Å². The smallest absolute Gasteiger partial charge is 0.231 e. The zero-order chi connectivity index (χ0) is 13.2. The summed E-state index contributed by atoms with van der Waals surface area (Å²) < 4.78 is 12.6. The summed E-state index contributed by atoms with van der Waals surface area (Å²) in [6.07, 6.45) is 0.637. The van der Waals surface area contributed by atoms with Crippen LogP contribution in [0.25, 0.3) is 5.69 Å². The van der Waals surface area contributed by atoms with E-state index >= 15 is 0 Å². The van der Waals surface area contributed by atoms with Crippen molar-refractivity contribution in [1.29, 1.82) is 0 Å². The lowest BCUT2D eigenvalue weighted by Gasteiger charge is -2.09. The van der Waals surface area contributed by atoms with Crippen molar-refractivity contribution in [3.8, 4) is 17.2 Å². The number of hydrogen-bond donors (Lipinski definition) is 1. The Kier molecular flexibility index (Phi) is 3.27. The molecule has 1 aromatic heterocycles. The molecule has 0 spiro atoms. The largest absolute Gasteiger partial charge is 0.454 e. The first-order chi connectivity index (χ1) is 9.33. The molecule has 0 fully saturated rings. The van der Waals surface area contributed by atoms with Crippen LogP contribution in [-0.4, -0.2) is 28.1 Å². The van der Waals surface area contributed by atoms with Crippen molar-refractivity contribution in [3.63, 3.8) is 0 Å². The van der Waals surface area contributed by atoms with Crippen LogP contribution in [0.3, 0.4) is 0 Å². The van der Waals surface area contributed by atoms with E-state index in [0.717, 1.165) is 17.3 Å². The van der Waals surface area contributed by atoms with Gasteiger partial charge >= 0.3 is 0 Å². The van der Waals surface area contributed by atoms with E-state index in [1.165, 1.54) is 0 Å². The number of benzene rings is 1. The molecular formula is C12H13ClN4O2. The Labute approximate surface area is 115 Å². The van der Waals surface area contributed by atoms with Crippen LogP contribution in [0.15, 0.2) is 18.2 Å². The number of rotatable bonds is 4. The molecule has 100 valence electrons. The van der Waals surface area contributed by atoms with Gasteiger partial charge in [0.1, 0.15) is 5.82 Å². The molecule has 19 heavy (non-hydrogen) atoms. The Morgan fingerprint density at radius 1 is 1.21 bits per heavy atom. The van der Waals surface area contributed by atoms with Gasteiger partial charge in [-0.15, -0.1) is 21.8 Å². The lowest BCUT2D eigenvalue weighted by Crippen LogP contribution is -2.10. The Bertz CT molecular complexity index is 599. The van der Waals surface area contributed by atoms with Gasteiger partial charge in [-0.1, -0.05) is 0 Å². The van der Waals surface area contributed by atoms with Crippen LogP contribution in [0.1, 0.15) is 11.6 Å². The van der Waals surface area contributed by atoms with Gasteiger partial charge in [-0.25, -0.2) is 0 Å². The zero-order valence-corrected chi connectivity index (χ0v) is 10.9. The van der Waals surface area contributed by atoms with Gasteiger partial charge in [0.2, 0.25) is 6.79 Å². The number of nitrogens with two attached hydrogens (primary N) is 1. The molecule has 6 nitrogen and oxygen atoms in total.